The van der Waals surface area contributed by atoms with E-state index in [4.69, 9.17) is 27.9 Å². The van der Waals surface area contributed by atoms with Gasteiger partial charge in [0.05, 0.1) is 16.7 Å². The Morgan fingerprint density at radius 1 is 1.31 bits per heavy atom. The minimum absolute atomic E-state index is 0.00594. The molecular formula is C11H13BrCl2OS. The van der Waals surface area contributed by atoms with Crippen molar-refractivity contribution >= 4 is 51.8 Å². The van der Waals surface area contributed by atoms with Crippen LogP contribution in [0.1, 0.15) is 13.8 Å². The molecule has 0 aliphatic heterocycles. The zero-order valence-corrected chi connectivity index (χ0v) is 13.1. The maximum Gasteiger partial charge on any atom is 0.139 e. The number of hydrogen-bond donors (Lipinski definition) is 1. The van der Waals surface area contributed by atoms with Crippen molar-refractivity contribution in [1.29, 1.82) is 0 Å². The lowest BCUT2D eigenvalue weighted by Crippen LogP contribution is -2.23. The Labute approximate surface area is 120 Å². The highest BCUT2D eigenvalue weighted by atomic mass is 79.9. The standard InChI is InChI=1S/C11H13BrCl2OS/c1-11(2,6-16)5-15-10-4-8(13)7(12)3-9(10)14/h3-4,16H,5-6H2,1-2H3. The summed E-state index contributed by atoms with van der Waals surface area (Å²) < 4.78 is 6.41. The average Bonchev–Trinajstić information content (AvgIpc) is 2.22. The van der Waals surface area contributed by atoms with Crippen LogP contribution >= 0.6 is 51.8 Å². The first-order valence-electron chi connectivity index (χ1n) is 4.74. The molecule has 0 aromatic heterocycles. The average molecular weight is 344 g/mol. The van der Waals surface area contributed by atoms with Crippen molar-refractivity contribution in [1.82, 2.24) is 0 Å². The maximum atomic E-state index is 6.04. The number of ether oxygens (including phenoxy) is 1. The van der Waals surface area contributed by atoms with Crippen LogP contribution in [-0.2, 0) is 0 Å². The Balaban J connectivity index is 2.79. The van der Waals surface area contributed by atoms with Crippen molar-refractivity contribution in [3.05, 3.63) is 26.7 Å². The van der Waals surface area contributed by atoms with Crippen molar-refractivity contribution < 1.29 is 4.74 Å². The smallest absolute Gasteiger partial charge is 0.139 e. The van der Waals surface area contributed by atoms with Gasteiger partial charge in [-0.2, -0.15) is 12.6 Å². The normalized spacial score (nSPS) is 11.6. The van der Waals surface area contributed by atoms with Crippen LogP contribution < -0.4 is 4.74 Å². The molecule has 90 valence electrons. The maximum absolute atomic E-state index is 6.04. The fraction of sp³-hybridized carbons (Fsp3) is 0.455. The van der Waals surface area contributed by atoms with Crippen LogP contribution in [0.5, 0.6) is 5.75 Å². The number of hydrogen-bond acceptors (Lipinski definition) is 2. The van der Waals surface area contributed by atoms with Gasteiger partial charge in [0.25, 0.3) is 0 Å². The number of benzene rings is 1. The number of thiol groups is 1. The van der Waals surface area contributed by atoms with Crippen molar-refractivity contribution in [2.45, 2.75) is 13.8 Å². The molecule has 1 aromatic rings. The van der Waals surface area contributed by atoms with Gasteiger partial charge in [-0.3, -0.25) is 0 Å². The van der Waals surface area contributed by atoms with Crippen LogP contribution in [0.3, 0.4) is 0 Å². The summed E-state index contributed by atoms with van der Waals surface area (Å²) in [5.74, 6) is 1.35. The van der Waals surface area contributed by atoms with E-state index in [2.05, 4.69) is 42.4 Å². The lowest BCUT2D eigenvalue weighted by atomic mass is 9.98. The molecule has 0 heterocycles. The summed E-state index contributed by atoms with van der Waals surface area (Å²) >= 11 is 19.6. The molecule has 5 heteroatoms. The summed E-state index contributed by atoms with van der Waals surface area (Å²) in [6.45, 7) is 4.71. The largest absolute Gasteiger partial charge is 0.491 e. The highest BCUT2D eigenvalue weighted by molar-refractivity contribution is 9.10. The molecule has 0 radical (unpaired) electrons. The molecule has 0 aliphatic carbocycles. The minimum atomic E-state index is 0.00594. The van der Waals surface area contributed by atoms with E-state index in [1.165, 1.54) is 0 Å². The van der Waals surface area contributed by atoms with Gasteiger partial charge in [0.15, 0.2) is 0 Å². The third-order valence-corrected chi connectivity index (χ3v) is 4.37. The molecule has 0 bridgehead atoms. The molecule has 0 saturated carbocycles. The van der Waals surface area contributed by atoms with E-state index < -0.39 is 0 Å². The van der Waals surface area contributed by atoms with E-state index in [0.717, 1.165) is 10.2 Å². The molecular weight excluding hydrogens is 331 g/mol. The molecule has 0 atom stereocenters. The summed E-state index contributed by atoms with van der Waals surface area (Å²) in [4.78, 5) is 0. The lowest BCUT2D eigenvalue weighted by Gasteiger charge is -2.22. The van der Waals surface area contributed by atoms with E-state index in [0.29, 0.717) is 22.4 Å². The van der Waals surface area contributed by atoms with Crippen molar-refractivity contribution in [3.8, 4) is 5.75 Å². The summed E-state index contributed by atoms with van der Waals surface area (Å²) in [5, 5.41) is 1.13. The SMILES string of the molecule is CC(C)(CS)COc1cc(Cl)c(Br)cc1Cl. The van der Waals surface area contributed by atoms with Gasteiger partial charge in [-0.1, -0.05) is 37.0 Å². The van der Waals surface area contributed by atoms with Crippen molar-refractivity contribution in [3.63, 3.8) is 0 Å². The zero-order valence-electron chi connectivity index (χ0n) is 9.06. The van der Waals surface area contributed by atoms with Crippen LogP contribution in [-0.4, -0.2) is 12.4 Å². The van der Waals surface area contributed by atoms with E-state index in [-0.39, 0.29) is 5.41 Å². The molecule has 0 N–H and O–H groups in total. The first kappa shape index (κ1) is 14.5. The predicted molar refractivity (Wildman–Crippen MR) is 77.3 cm³/mol. The summed E-state index contributed by atoms with van der Waals surface area (Å²) in [6.07, 6.45) is 0. The second kappa shape index (κ2) is 5.85. The molecule has 1 rings (SSSR count). The van der Waals surface area contributed by atoms with Crippen LogP contribution in [0.15, 0.2) is 16.6 Å². The van der Waals surface area contributed by atoms with E-state index in [1.54, 1.807) is 12.1 Å². The zero-order chi connectivity index (χ0) is 12.3. The molecule has 0 spiro atoms. The number of rotatable bonds is 4. The summed E-state index contributed by atoms with van der Waals surface area (Å²) in [7, 11) is 0. The van der Waals surface area contributed by atoms with Gasteiger partial charge in [0.2, 0.25) is 0 Å². The fourth-order valence-electron chi connectivity index (χ4n) is 0.934. The second-order valence-electron chi connectivity index (χ2n) is 4.31. The Morgan fingerprint density at radius 2 is 1.94 bits per heavy atom. The Kier molecular flexibility index (Phi) is 5.30. The van der Waals surface area contributed by atoms with Gasteiger partial charge < -0.3 is 4.74 Å². The van der Waals surface area contributed by atoms with Gasteiger partial charge in [-0.15, -0.1) is 0 Å². The molecule has 0 fully saturated rings. The van der Waals surface area contributed by atoms with Gasteiger partial charge in [0.1, 0.15) is 5.75 Å². The van der Waals surface area contributed by atoms with E-state index in [1.807, 2.05) is 0 Å². The Hall–Kier alpha value is 0.430. The molecule has 0 amide bonds. The Bertz CT molecular complexity index is 382. The summed E-state index contributed by atoms with van der Waals surface area (Å²) in [6, 6.07) is 3.44. The van der Waals surface area contributed by atoms with Gasteiger partial charge in [-0.05, 0) is 27.7 Å². The van der Waals surface area contributed by atoms with E-state index in [9.17, 15) is 0 Å². The monoisotopic (exact) mass is 342 g/mol. The molecule has 16 heavy (non-hydrogen) atoms. The summed E-state index contributed by atoms with van der Waals surface area (Å²) in [5.41, 5.74) is 0.00594. The highest BCUT2D eigenvalue weighted by Gasteiger charge is 2.17. The number of halogens is 3. The van der Waals surface area contributed by atoms with Crippen molar-refractivity contribution in [2.75, 3.05) is 12.4 Å². The van der Waals surface area contributed by atoms with Crippen LogP contribution in [0, 0.1) is 5.41 Å². The molecule has 1 aromatic carbocycles. The molecule has 0 saturated heterocycles. The third-order valence-electron chi connectivity index (χ3n) is 2.02. The first-order chi connectivity index (χ1) is 7.35. The quantitative estimate of drug-likeness (QED) is 0.591. The topological polar surface area (TPSA) is 9.23 Å². The van der Waals surface area contributed by atoms with Gasteiger partial charge >= 0.3 is 0 Å². The van der Waals surface area contributed by atoms with Gasteiger partial charge in [0, 0.05) is 16.0 Å². The minimum Gasteiger partial charge on any atom is -0.491 e. The first-order valence-corrected chi connectivity index (χ1v) is 6.92. The lowest BCUT2D eigenvalue weighted by molar-refractivity contribution is 0.202. The van der Waals surface area contributed by atoms with Gasteiger partial charge in [-0.25, -0.2) is 0 Å². The van der Waals surface area contributed by atoms with Crippen molar-refractivity contribution in [2.24, 2.45) is 5.41 Å². The highest BCUT2D eigenvalue weighted by Crippen LogP contribution is 2.34. The predicted octanol–water partition coefficient (Wildman–Crippen LogP) is 5.09. The van der Waals surface area contributed by atoms with Crippen LogP contribution in [0.4, 0.5) is 0 Å². The molecule has 0 aliphatic rings. The molecule has 0 unspecified atom stereocenters. The van der Waals surface area contributed by atoms with Crippen LogP contribution in [0.2, 0.25) is 10.0 Å². The fourth-order valence-corrected chi connectivity index (χ4v) is 1.87. The third kappa shape index (κ3) is 4.02. The second-order valence-corrected chi connectivity index (χ2v) is 6.29. The van der Waals surface area contributed by atoms with Crippen LogP contribution in [0.25, 0.3) is 0 Å². The van der Waals surface area contributed by atoms with E-state index >= 15 is 0 Å². The Morgan fingerprint density at radius 3 is 2.50 bits per heavy atom. The molecule has 1 nitrogen and oxygen atoms in total.